The van der Waals surface area contributed by atoms with Gasteiger partial charge < -0.3 is 14.8 Å². The summed E-state index contributed by atoms with van der Waals surface area (Å²) in [7, 11) is 0. The average molecular weight is 372 g/mol. The lowest BCUT2D eigenvalue weighted by atomic mass is 9.97. The van der Waals surface area contributed by atoms with Gasteiger partial charge in [-0.2, -0.15) is 0 Å². The van der Waals surface area contributed by atoms with Crippen molar-refractivity contribution >= 4 is 11.8 Å². The number of rotatable bonds is 6. The van der Waals surface area contributed by atoms with Crippen LogP contribution in [-0.2, 0) is 11.3 Å². The molecular weight excluding hydrogens is 347 g/mol. The first kappa shape index (κ1) is 19.1. The van der Waals surface area contributed by atoms with Gasteiger partial charge in [0.15, 0.2) is 0 Å². The molecule has 0 unspecified atom stereocenters. The summed E-state index contributed by atoms with van der Waals surface area (Å²) in [5.41, 5.74) is -0.00520. The Morgan fingerprint density at radius 3 is 2.93 bits per heavy atom. The summed E-state index contributed by atoms with van der Waals surface area (Å²) in [4.78, 5) is 30.8. The number of halogens is 1. The van der Waals surface area contributed by atoms with E-state index in [-0.39, 0.29) is 30.4 Å². The zero-order valence-corrected chi connectivity index (χ0v) is 15.5. The van der Waals surface area contributed by atoms with Gasteiger partial charge in [-0.3, -0.25) is 9.59 Å². The van der Waals surface area contributed by atoms with E-state index in [0.29, 0.717) is 6.54 Å². The minimum atomic E-state index is -0.563. The molecule has 2 aromatic rings. The summed E-state index contributed by atoms with van der Waals surface area (Å²) < 4.78 is 15.7. The predicted octanol–water partition coefficient (Wildman–Crippen LogP) is 2.57. The van der Waals surface area contributed by atoms with Crippen molar-refractivity contribution < 1.29 is 14.0 Å². The van der Waals surface area contributed by atoms with Gasteiger partial charge in [0.1, 0.15) is 11.6 Å². The van der Waals surface area contributed by atoms with Crippen LogP contribution in [0.25, 0.3) is 0 Å². The molecule has 1 N–H and O–H groups in total. The van der Waals surface area contributed by atoms with Gasteiger partial charge in [0.25, 0.3) is 5.91 Å². The molecule has 1 saturated heterocycles. The molecule has 1 aromatic carbocycles. The van der Waals surface area contributed by atoms with E-state index in [1.54, 1.807) is 12.3 Å². The summed E-state index contributed by atoms with van der Waals surface area (Å²) in [5.74, 6) is 0.214. The predicted molar refractivity (Wildman–Crippen MR) is 99.8 cm³/mol. The van der Waals surface area contributed by atoms with Crippen molar-refractivity contribution in [3.05, 3.63) is 53.9 Å². The van der Waals surface area contributed by atoms with Gasteiger partial charge in [-0.15, -0.1) is 0 Å². The lowest BCUT2D eigenvalue weighted by molar-refractivity contribution is -0.132. The van der Waals surface area contributed by atoms with Crippen LogP contribution >= 0.6 is 0 Å². The van der Waals surface area contributed by atoms with Crippen LogP contribution in [0.2, 0.25) is 0 Å². The molecule has 0 aliphatic carbocycles. The Hall–Kier alpha value is -2.70. The standard InChI is InChI=1S/C20H25FN4O2/c1-2-24-13-11-22-19(24)15-6-5-12-25(14-15)18(26)9-10-23-20(27)16-7-3-4-8-17(16)21/h3-4,7-8,11,13,15H,2,5-6,9-10,12,14H2,1H3,(H,23,27)/t15-/m0/s1. The zero-order valence-electron chi connectivity index (χ0n) is 15.5. The number of hydrogen-bond donors (Lipinski definition) is 1. The molecule has 0 saturated carbocycles. The van der Waals surface area contributed by atoms with Gasteiger partial charge >= 0.3 is 0 Å². The third-order valence-corrected chi connectivity index (χ3v) is 4.97. The van der Waals surface area contributed by atoms with E-state index in [0.717, 1.165) is 31.8 Å². The number of nitrogens with zero attached hydrogens (tertiary/aromatic N) is 3. The minimum absolute atomic E-state index is 0.00291. The van der Waals surface area contributed by atoms with Crippen molar-refractivity contribution in [1.29, 1.82) is 0 Å². The SMILES string of the molecule is CCn1ccnc1[C@H]1CCCN(C(=O)CCNC(=O)c2ccccc2F)C1. The second kappa shape index (κ2) is 8.79. The summed E-state index contributed by atoms with van der Waals surface area (Å²) in [6, 6.07) is 5.81. The van der Waals surface area contributed by atoms with Crippen LogP contribution in [0.4, 0.5) is 4.39 Å². The fraction of sp³-hybridized carbons (Fsp3) is 0.450. The van der Waals surface area contributed by atoms with Crippen LogP contribution in [0.15, 0.2) is 36.7 Å². The summed E-state index contributed by atoms with van der Waals surface area (Å²) in [5, 5.41) is 2.62. The zero-order chi connectivity index (χ0) is 19.2. The molecule has 2 heterocycles. The van der Waals surface area contributed by atoms with E-state index < -0.39 is 11.7 Å². The largest absolute Gasteiger partial charge is 0.351 e. The first-order valence-electron chi connectivity index (χ1n) is 9.41. The minimum Gasteiger partial charge on any atom is -0.351 e. The van der Waals surface area contributed by atoms with Crippen molar-refractivity contribution in [2.45, 2.75) is 38.6 Å². The number of imidazole rings is 1. The molecule has 0 bridgehead atoms. The number of nitrogens with one attached hydrogen (secondary N) is 1. The fourth-order valence-electron chi connectivity index (χ4n) is 3.54. The smallest absolute Gasteiger partial charge is 0.254 e. The number of likely N-dealkylation sites (tertiary alicyclic amines) is 1. The highest BCUT2D eigenvalue weighted by atomic mass is 19.1. The highest BCUT2D eigenvalue weighted by Gasteiger charge is 2.27. The number of aromatic nitrogens is 2. The van der Waals surface area contributed by atoms with Crippen molar-refractivity contribution in [1.82, 2.24) is 19.8 Å². The summed E-state index contributed by atoms with van der Waals surface area (Å²) in [6.07, 6.45) is 5.93. The molecule has 1 aliphatic heterocycles. The van der Waals surface area contributed by atoms with Crippen LogP contribution in [0.3, 0.4) is 0 Å². The Balaban J connectivity index is 1.51. The van der Waals surface area contributed by atoms with Crippen LogP contribution < -0.4 is 5.32 Å². The van der Waals surface area contributed by atoms with Crippen molar-refractivity contribution in [3.63, 3.8) is 0 Å². The van der Waals surface area contributed by atoms with Gasteiger partial charge in [0.2, 0.25) is 5.91 Å². The van der Waals surface area contributed by atoms with Crippen LogP contribution in [-0.4, -0.2) is 45.9 Å². The molecule has 144 valence electrons. The number of hydrogen-bond acceptors (Lipinski definition) is 3. The molecule has 1 atom stereocenters. The van der Waals surface area contributed by atoms with Crippen molar-refractivity contribution in [2.24, 2.45) is 0 Å². The quantitative estimate of drug-likeness (QED) is 0.847. The molecular formula is C20H25FN4O2. The molecule has 1 aliphatic rings. The molecule has 27 heavy (non-hydrogen) atoms. The average Bonchev–Trinajstić information content (AvgIpc) is 3.17. The monoisotopic (exact) mass is 372 g/mol. The number of aryl methyl sites for hydroxylation is 1. The van der Waals surface area contributed by atoms with Gasteiger partial charge in [-0.25, -0.2) is 9.37 Å². The Morgan fingerprint density at radius 2 is 2.15 bits per heavy atom. The molecule has 3 rings (SSSR count). The van der Waals surface area contributed by atoms with Gasteiger partial charge in [-0.1, -0.05) is 12.1 Å². The number of carbonyl (C=O) groups is 2. The third-order valence-electron chi connectivity index (χ3n) is 4.97. The Kier molecular flexibility index (Phi) is 6.21. The highest BCUT2D eigenvalue weighted by molar-refractivity contribution is 5.94. The number of amides is 2. The van der Waals surface area contributed by atoms with E-state index in [9.17, 15) is 14.0 Å². The normalized spacial score (nSPS) is 17.0. The van der Waals surface area contributed by atoms with Crippen molar-refractivity contribution in [2.75, 3.05) is 19.6 Å². The first-order chi connectivity index (χ1) is 13.1. The Bertz CT molecular complexity index is 805. The number of carbonyl (C=O) groups excluding carboxylic acids is 2. The first-order valence-corrected chi connectivity index (χ1v) is 9.41. The molecule has 2 amide bonds. The Morgan fingerprint density at radius 1 is 1.33 bits per heavy atom. The van der Waals surface area contributed by atoms with Crippen molar-refractivity contribution in [3.8, 4) is 0 Å². The van der Waals surface area contributed by atoms with E-state index in [4.69, 9.17) is 0 Å². The lowest BCUT2D eigenvalue weighted by Gasteiger charge is -2.32. The molecule has 6 nitrogen and oxygen atoms in total. The molecule has 0 radical (unpaired) electrons. The van der Waals surface area contributed by atoms with Gasteiger partial charge in [-0.05, 0) is 31.9 Å². The maximum absolute atomic E-state index is 13.6. The second-order valence-electron chi connectivity index (χ2n) is 6.74. The number of piperidine rings is 1. The molecule has 0 spiro atoms. The Labute approximate surface area is 158 Å². The number of benzene rings is 1. The van der Waals surface area contributed by atoms with Crippen LogP contribution in [0.5, 0.6) is 0 Å². The highest BCUT2D eigenvalue weighted by Crippen LogP contribution is 2.26. The maximum atomic E-state index is 13.6. The molecule has 7 heteroatoms. The van der Waals surface area contributed by atoms with Gasteiger partial charge in [0.05, 0.1) is 5.56 Å². The van der Waals surface area contributed by atoms with Crippen LogP contribution in [0, 0.1) is 5.82 Å². The topological polar surface area (TPSA) is 67.2 Å². The molecule has 1 aromatic heterocycles. The lowest BCUT2D eigenvalue weighted by Crippen LogP contribution is -2.41. The fourth-order valence-corrected chi connectivity index (χ4v) is 3.54. The van der Waals surface area contributed by atoms with E-state index in [1.807, 2.05) is 11.1 Å². The van der Waals surface area contributed by atoms with E-state index >= 15 is 0 Å². The molecule has 1 fully saturated rings. The third kappa shape index (κ3) is 4.53. The maximum Gasteiger partial charge on any atom is 0.254 e. The van der Waals surface area contributed by atoms with Crippen LogP contribution in [0.1, 0.15) is 48.3 Å². The summed E-state index contributed by atoms with van der Waals surface area (Å²) >= 11 is 0. The van der Waals surface area contributed by atoms with E-state index in [1.165, 1.54) is 18.2 Å². The second-order valence-corrected chi connectivity index (χ2v) is 6.74. The van der Waals surface area contributed by atoms with E-state index in [2.05, 4.69) is 21.8 Å². The summed E-state index contributed by atoms with van der Waals surface area (Å²) in [6.45, 7) is 4.51. The van der Waals surface area contributed by atoms with Gasteiger partial charge in [0, 0.05) is 50.9 Å².